The van der Waals surface area contributed by atoms with Crippen LogP contribution in [0.2, 0.25) is 0 Å². The molecule has 1 aliphatic rings. The summed E-state index contributed by atoms with van der Waals surface area (Å²) in [5.41, 5.74) is 4.09. The van der Waals surface area contributed by atoms with Gasteiger partial charge in [0.25, 0.3) is 0 Å². The standard InChI is InChI=1S/C27H26N4O3S/c32-25(14-22(19-8-3-1-4-9-19)20-10-5-2-6-11-20)29-27-23-17-35-18-24(23)30-31(27)16-26(33)28-15-21-12-7-13-34-21/h1-13,22H,14-18H2,(H,28,33)(H,29,32). The van der Waals surface area contributed by atoms with Gasteiger partial charge in [0.15, 0.2) is 0 Å². The van der Waals surface area contributed by atoms with Crippen molar-refractivity contribution in [2.45, 2.75) is 36.9 Å². The summed E-state index contributed by atoms with van der Waals surface area (Å²) in [7, 11) is 0. The molecule has 5 rings (SSSR count). The predicted octanol–water partition coefficient (Wildman–Crippen LogP) is 4.70. The molecule has 2 aromatic carbocycles. The zero-order valence-corrected chi connectivity index (χ0v) is 20.0. The lowest BCUT2D eigenvalue weighted by atomic mass is 9.88. The van der Waals surface area contributed by atoms with Gasteiger partial charge in [-0.15, -0.1) is 0 Å². The van der Waals surface area contributed by atoms with Crippen molar-refractivity contribution in [2.24, 2.45) is 0 Å². The van der Waals surface area contributed by atoms with E-state index in [2.05, 4.69) is 15.7 Å². The fourth-order valence-corrected chi connectivity index (χ4v) is 5.31. The number of aromatic nitrogens is 2. The van der Waals surface area contributed by atoms with Crippen molar-refractivity contribution in [1.29, 1.82) is 0 Å². The number of carbonyl (C=O) groups is 2. The van der Waals surface area contributed by atoms with E-state index in [9.17, 15) is 9.59 Å². The van der Waals surface area contributed by atoms with Crippen molar-refractivity contribution in [3.8, 4) is 0 Å². The normalized spacial score (nSPS) is 12.5. The van der Waals surface area contributed by atoms with E-state index in [-0.39, 0.29) is 30.7 Å². The number of hydrogen-bond acceptors (Lipinski definition) is 5. The Bertz CT molecular complexity index is 1250. The molecule has 0 unspecified atom stereocenters. The molecule has 4 aromatic rings. The highest BCUT2D eigenvalue weighted by Gasteiger charge is 2.26. The lowest BCUT2D eigenvalue weighted by Crippen LogP contribution is -2.29. The molecule has 2 amide bonds. The van der Waals surface area contributed by atoms with Gasteiger partial charge < -0.3 is 15.1 Å². The summed E-state index contributed by atoms with van der Waals surface area (Å²) in [6, 6.07) is 23.7. The molecule has 35 heavy (non-hydrogen) atoms. The summed E-state index contributed by atoms with van der Waals surface area (Å²) in [4.78, 5) is 25.9. The molecule has 1 aliphatic heterocycles. The van der Waals surface area contributed by atoms with Crippen LogP contribution in [-0.2, 0) is 34.2 Å². The highest BCUT2D eigenvalue weighted by molar-refractivity contribution is 7.98. The third-order valence-corrected chi connectivity index (χ3v) is 6.97. The topological polar surface area (TPSA) is 89.2 Å². The van der Waals surface area contributed by atoms with Crippen LogP contribution in [0.1, 0.15) is 40.5 Å². The van der Waals surface area contributed by atoms with Gasteiger partial charge in [0, 0.05) is 29.4 Å². The van der Waals surface area contributed by atoms with Crippen LogP contribution in [0.4, 0.5) is 5.82 Å². The molecular formula is C27H26N4O3S. The van der Waals surface area contributed by atoms with Gasteiger partial charge >= 0.3 is 0 Å². The molecule has 0 radical (unpaired) electrons. The summed E-state index contributed by atoms with van der Waals surface area (Å²) < 4.78 is 6.88. The van der Waals surface area contributed by atoms with Gasteiger partial charge in [-0.25, -0.2) is 4.68 Å². The number of nitrogens with one attached hydrogen (secondary N) is 2. The quantitative estimate of drug-likeness (QED) is 0.358. The van der Waals surface area contributed by atoms with E-state index in [0.717, 1.165) is 33.9 Å². The highest BCUT2D eigenvalue weighted by Crippen LogP contribution is 2.35. The Kier molecular flexibility index (Phi) is 6.99. The summed E-state index contributed by atoms with van der Waals surface area (Å²) >= 11 is 1.75. The van der Waals surface area contributed by atoms with Gasteiger partial charge in [-0.1, -0.05) is 60.7 Å². The Morgan fingerprint density at radius 1 is 0.943 bits per heavy atom. The molecule has 0 atom stereocenters. The maximum atomic E-state index is 13.3. The minimum atomic E-state index is -0.197. The molecule has 0 saturated heterocycles. The van der Waals surface area contributed by atoms with Crippen LogP contribution in [0.25, 0.3) is 0 Å². The SMILES string of the molecule is O=C(Cn1nc2c(c1NC(=O)CC(c1ccccc1)c1ccccc1)CSC2)NCc1ccco1. The van der Waals surface area contributed by atoms with Crippen molar-refractivity contribution in [1.82, 2.24) is 15.1 Å². The van der Waals surface area contributed by atoms with Crippen LogP contribution < -0.4 is 10.6 Å². The lowest BCUT2D eigenvalue weighted by molar-refractivity contribution is -0.122. The summed E-state index contributed by atoms with van der Waals surface area (Å²) in [5, 5.41) is 10.5. The number of fused-ring (bicyclic) bond motifs is 1. The van der Waals surface area contributed by atoms with Crippen molar-refractivity contribution in [3.63, 3.8) is 0 Å². The van der Waals surface area contributed by atoms with Crippen molar-refractivity contribution >= 4 is 29.4 Å². The Hall–Kier alpha value is -3.78. The maximum absolute atomic E-state index is 13.3. The summed E-state index contributed by atoms with van der Waals surface area (Å²) in [6.07, 6.45) is 1.86. The molecular weight excluding hydrogens is 460 g/mol. The summed E-state index contributed by atoms with van der Waals surface area (Å²) in [6.45, 7) is 0.328. The second-order valence-electron chi connectivity index (χ2n) is 8.41. The number of thioether (sulfide) groups is 1. The first-order chi connectivity index (χ1) is 17.2. The number of benzene rings is 2. The molecule has 0 fully saturated rings. The van der Waals surface area contributed by atoms with Gasteiger partial charge in [-0.05, 0) is 23.3 Å². The highest BCUT2D eigenvalue weighted by atomic mass is 32.2. The molecule has 0 bridgehead atoms. The maximum Gasteiger partial charge on any atom is 0.242 e. The van der Waals surface area contributed by atoms with E-state index >= 15 is 0 Å². The minimum absolute atomic E-state index is 0.0226. The van der Waals surface area contributed by atoms with Crippen molar-refractivity contribution in [3.05, 3.63) is 107 Å². The average Bonchev–Trinajstić information content (AvgIpc) is 3.63. The van der Waals surface area contributed by atoms with Gasteiger partial charge in [0.05, 0.1) is 18.5 Å². The second-order valence-corrected chi connectivity index (χ2v) is 9.39. The molecule has 7 nitrogen and oxygen atoms in total. The summed E-state index contributed by atoms with van der Waals surface area (Å²) in [5.74, 6) is 2.45. The first-order valence-electron chi connectivity index (χ1n) is 11.5. The molecule has 0 aliphatic carbocycles. The first kappa shape index (κ1) is 23.0. The monoisotopic (exact) mass is 486 g/mol. The van der Waals surface area contributed by atoms with Crippen LogP contribution in [0.5, 0.6) is 0 Å². The third-order valence-electron chi connectivity index (χ3n) is 6.00. The molecule has 0 saturated carbocycles. The Labute approximate surface area is 207 Å². The van der Waals surface area contributed by atoms with E-state index < -0.39 is 0 Å². The molecule has 2 N–H and O–H groups in total. The van der Waals surface area contributed by atoms with Crippen molar-refractivity contribution in [2.75, 3.05) is 5.32 Å². The van der Waals surface area contributed by atoms with Crippen molar-refractivity contribution < 1.29 is 14.0 Å². The van der Waals surface area contributed by atoms with Gasteiger partial charge in [0.2, 0.25) is 11.8 Å². The molecule has 3 heterocycles. The van der Waals surface area contributed by atoms with Gasteiger partial charge in [-0.3, -0.25) is 9.59 Å². The van der Waals surface area contributed by atoms with Crippen LogP contribution in [0.15, 0.2) is 83.5 Å². The molecule has 2 aromatic heterocycles. The van der Waals surface area contributed by atoms with Crippen LogP contribution in [0, 0.1) is 0 Å². The number of amides is 2. The number of carbonyl (C=O) groups excluding carboxylic acids is 2. The lowest BCUT2D eigenvalue weighted by Gasteiger charge is -2.18. The molecule has 8 heteroatoms. The average molecular weight is 487 g/mol. The number of rotatable bonds is 9. The van der Waals surface area contributed by atoms with Crippen LogP contribution in [-0.4, -0.2) is 21.6 Å². The Morgan fingerprint density at radius 2 is 1.66 bits per heavy atom. The fraction of sp³-hybridized carbons (Fsp3) is 0.222. The number of hydrogen-bond donors (Lipinski definition) is 2. The fourth-order valence-electron chi connectivity index (χ4n) is 4.28. The van der Waals surface area contributed by atoms with Crippen LogP contribution >= 0.6 is 11.8 Å². The van der Waals surface area contributed by atoms with Gasteiger partial charge in [0.1, 0.15) is 18.1 Å². The third kappa shape index (κ3) is 5.49. The zero-order valence-electron chi connectivity index (χ0n) is 19.1. The number of nitrogens with zero attached hydrogens (tertiary/aromatic N) is 2. The van der Waals surface area contributed by atoms with E-state index in [1.54, 1.807) is 28.8 Å². The largest absolute Gasteiger partial charge is 0.467 e. The Balaban J connectivity index is 1.32. The Morgan fingerprint density at radius 3 is 2.31 bits per heavy atom. The second kappa shape index (κ2) is 10.7. The van der Waals surface area contributed by atoms with Gasteiger partial charge in [-0.2, -0.15) is 16.9 Å². The first-order valence-corrected chi connectivity index (χ1v) is 12.7. The number of anilines is 1. The molecule has 0 spiro atoms. The van der Waals surface area contributed by atoms with Crippen LogP contribution in [0.3, 0.4) is 0 Å². The number of furan rings is 1. The predicted molar refractivity (Wildman–Crippen MR) is 136 cm³/mol. The smallest absolute Gasteiger partial charge is 0.242 e. The van der Waals surface area contributed by atoms with E-state index in [4.69, 9.17) is 4.42 Å². The zero-order chi connectivity index (χ0) is 24.0. The molecule has 178 valence electrons. The van der Waals surface area contributed by atoms with E-state index in [1.807, 2.05) is 66.7 Å². The van der Waals surface area contributed by atoms with E-state index in [0.29, 0.717) is 18.1 Å². The van der Waals surface area contributed by atoms with E-state index in [1.165, 1.54) is 0 Å². The minimum Gasteiger partial charge on any atom is -0.467 e.